The number of unbranched alkanes of at least 4 members (excludes halogenated alkanes) is 2. The molecule has 0 atom stereocenters. The van der Waals surface area contributed by atoms with E-state index >= 15 is 0 Å². The summed E-state index contributed by atoms with van der Waals surface area (Å²) < 4.78 is 8.36. The normalized spacial score (nSPS) is 11.4. The van der Waals surface area contributed by atoms with Gasteiger partial charge in [0.1, 0.15) is 11.6 Å². The third-order valence-electron chi connectivity index (χ3n) is 5.29. The van der Waals surface area contributed by atoms with Crippen LogP contribution >= 0.6 is 27.5 Å². The van der Waals surface area contributed by atoms with E-state index in [2.05, 4.69) is 43.0 Å². The van der Waals surface area contributed by atoms with Crippen LogP contribution in [0.5, 0.6) is 5.75 Å². The molecule has 178 valence electrons. The topological polar surface area (TPSA) is 162 Å². The Morgan fingerprint density at radius 3 is 2.85 bits per heavy atom. The van der Waals surface area contributed by atoms with Crippen molar-refractivity contribution in [1.29, 1.82) is 10.8 Å². The number of H-pyrrole nitrogens is 1. The molecular weight excluding hydrogens is 528 g/mol. The largest absolute Gasteiger partial charge is 0.508 e. The number of nitrogens with one attached hydrogen (secondary N) is 3. The number of hydrogen-bond donors (Lipinski definition) is 4. The Hall–Kier alpha value is -3.25. The van der Waals surface area contributed by atoms with E-state index in [1.165, 1.54) is 12.1 Å². The molecule has 0 aliphatic heterocycles. The highest BCUT2D eigenvalue weighted by molar-refractivity contribution is 9.10. The lowest BCUT2D eigenvalue weighted by molar-refractivity contribution is 0.422. The molecule has 3 aromatic heterocycles. The molecule has 0 radical (unpaired) electrons. The van der Waals surface area contributed by atoms with E-state index in [4.69, 9.17) is 26.9 Å². The number of nitrogens with zero attached hydrogens (tertiary/aromatic N) is 5. The second-order valence-electron chi connectivity index (χ2n) is 7.68. The van der Waals surface area contributed by atoms with Gasteiger partial charge in [0.05, 0.1) is 10.6 Å². The molecule has 34 heavy (non-hydrogen) atoms. The van der Waals surface area contributed by atoms with Crippen molar-refractivity contribution in [2.24, 2.45) is 0 Å². The number of halogens is 2. The van der Waals surface area contributed by atoms with Gasteiger partial charge in [-0.05, 0) is 40.5 Å². The fourth-order valence-electron chi connectivity index (χ4n) is 3.58. The van der Waals surface area contributed by atoms with E-state index < -0.39 is 5.56 Å². The number of rotatable bonds is 8. The van der Waals surface area contributed by atoms with E-state index in [0.29, 0.717) is 28.3 Å². The van der Waals surface area contributed by atoms with Gasteiger partial charge in [0.25, 0.3) is 11.4 Å². The average molecular weight is 550 g/mol. The molecule has 0 aliphatic rings. The van der Waals surface area contributed by atoms with Crippen LogP contribution in [0.4, 0.5) is 0 Å². The number of benzene rings is 1. The summed E-state index contributed by atoms with van der Waals surface area (Å²) in [5, 5.41) is 30.8. The maximum atomic E-state index is 13.1. The van der Waals surface area contributed by atoms with Crippen LogP contribution in [0.2, 0.25) is 5.02 Å². The van der Waals surface area contributed by atoms with Crippen LogP contribution in [0.25, 0.3) is 22.6 Å². The van der Waals surface area contributed by atoms with E-state index in [1.807, 2.05) is 0 Å². The van der Waals surface area contributed by atoms with Crippen LogP contribution in [-0.4, -0.2) is 40.2 Å². The van der Waals surface area contributed by atoms with Gasteiger partial charge in [0, 0.05) is 19.4 Å². The average Bonchev–Trinajstić information content (AvgIpc) is 3.41. The minimum atomic E-state index is -0.514. The number of fused-ring (bicyclic) bond motifs is 1. The van der Waals surface area contributed by atoms with Gasteiger partial charge in [0.2, 0.25) is 5.62 Å². The van der Waals surface area contributed by atoms with E-state index in [1.54, 1.807) is 10.6 Å². The van der Waals surface area contributed by atoms with Crippen molar-refractivity contribution in [3.63, 3.8) is 0 Å². The predicted octanol–water partition coefficient (Wildman–Crippen LogP) is 3.83. The van der Waals surface area contributed by atoms with E-state index in [0.717, 1.165) is 23.8 Å². The predicted molar refractivity (Wildman–Crippen MR) is 129 cm³/mol. The van der Waals surface area contributed by atoms with E-state index in [9.17, 15) is 9.90 Å². The molecule has 3 heterocycles. The summed E-state index contributed by atoms with van der Waals surface area (Å²) in [5.74, 6) is 0.458. The molecular formula is C21H22BrClN8O3. The minimum Gasteiger partial charge on any atom is -0.508 e. The van der Waals surface area contributed by atoms with Crippen LogP contribution < -0.4 is 11.2 Å². The number of phenols is 1. The van der Waals surface area contributed by atoms with Crippen molar-refractivity contribution < 1.29 is 9.63 Å². The summed E-state index contributed by atoms with van der Waals surface area (Å²) in [7, 11) is 0. The number of phenolic OH excluding ortho intramolecular Hbond substituents is 1. The Labute approximate surface area is 206 Å². The monoisotopic (exact) mass is 548 g/mol. The van der Waals surface area contributed by atoms with Gasteiger partial charge in [-0.1, -0.05) is 36.5 Å². The van der Waals surface area contributed by atoms with Crippen molar-refractivity contribution in [2.75, 3.05) is 0 Å². The third kappa shape index (κ3) is 4.68. The molecule has 4 aromatic rings. The van der Waals surface area contributed by atoms with Gasteiger partial charge in [-0.3, -0.25) is 20.2 Å². The van der Waals surface area contributed by atoms with Crippen molar-refractivity contribution in [1.82, 2.24) is 29.2 Å². The molecule has 0 saturated carbocycles. The molecule has 4 N–H and O–H groups in total. The summed E-state index contributed by atoms with van der Waals surface area (Å²) in [6.45, 7) is 2.60. The van der Waals surface area contributed by atoms with Crippen LogP contribution in [0, 0.1) is 10.8 Å². The zero-order valence-corrected chi connectivity index (χ0v) is 20.6. The number of imidazole rings is 1. The highest BCUT2D eigenvalue weighted by atomic mass is 79.9. The SMILES string of the molecule is CCCCCn1c(=N)n(C(=N)CCc2noc(-c3ccc(O)cc3Cl)n2)c(=O)c2[nH]c(Br)nc21. The lowest BCUT2D eigenvalue weighted by Crippen LogP contribution is -2.44. The Morgan fingerprint density at radius 1 is 1.32 bits per heavy atom. The zero-order chi connectivity index (χ0) is 24.4. The van der Waals surface area contributed by atoms with Crippen molar-refractivity contribution in [3.8, 4) is 17.2 Å². The number of aromatic nitrogens is 6. The number of aromatic hydroxyl groups is 1. The first kappa shape index (κ1) is 23.9. The summed E-state index contributed by atoms with van der Waals surface area (Å²) in [6, 6.07) is 4.40. The van der Waals surface area contributed by atoms with E-state index in [-0.39, 0.29) is 46.5 Å². The molecule has 0 aliphatic carbocycles. The highest BCUT2D eigenvalue weighted by Crippen LogP contribution is 2.29. The summed E-state index contributed by atoms with van der Waals surface area (Å²) in [6.07, 6.45) is 3.12. The maximum absolute atomic E-state index is 13.1. The molecule has 0 unspecified atom stereocenters. The number of aromatic amines is 1. The zero-order valence-electron chi connectivity index (χ0n) is 18.2. The molecule has 0 saturated heterocycles. The molecule has 0 amide bonds. The van der Waals surface area contributed by atoms with Gasteiger partial charge in [0.15, 0.2) is 21.7 Å². The Balaban J connectivity index is 1.59. The first-order chi connectivity index (χ1) is 16.3. The molecule has 11 nitrogen and oxygen atoms in total. The van der Waals surface area contributed by atoms with Crippen molar-refractivity contribution in [2.45, 2.75) is 45.6 Å². The molecule has 0 bridgehead atoms. The molecule has 4 rings (SSSR count). The first-order valence-corrected chi connectivity index (χ1v) is 11.8. The molecule has 0 spiro atoms. The summed E-state index contributed by atoms with van der Waals surface area (Å²) >= 11 is 9.39. The highest BCUT2D eigenvalue weighted by Gasteiger charge is 2.19. The smallest absolute Gasteiger partial charge is 0.286 e. The number of hydrogen-bond acceptors (Lipinski definition) is 8. The quantitative estimate of drug-likeness (QED) is 0.113. The van der Waals surface area contributed by atoms with Crippen LogP contribution in [0.1, 0.15) is 38.4 Å². The third-order valence-corrected chi connectivity index (χ3v) is 5.98. The van der Waals surface area contributed by atoms with Gasteiger partial charge in [-0.15, -0.1) is 0 Å². The Morgan fingerprint density at radius 2 is 2.12 bits per heavy atom. The minimum absolute atomic E-state index is 0.0202. The second-order valence-corrected chi connectivity index (χ2v) is 8.83. The maximum Gasteiger partial charge on any atom is 0.286 e. The van der Waals surface area contributed by atoms with Gasteiger partial charge < -0.3 is 14.6 Å². The Kier molecular flexibility index (Phi) is 6.98. The summed E-state index contributed by atoms with van der Waals surface area (Å²) in [4.78, 5) is 24.6. The summed E-state index contributed by atoms with van der Waals surface area (Å²) in [5.41, 5.74) is 0.465. The fraction of sp³-hybridized carbons (Fsp3) is 0.333. The standard InChI is InChI=1S/C21H22BrClN8O3/c1-2-3-4-9-30-17-16(27-20(22)28-17)19(33)31(21(30)25)14(24)7-8-15-26-18(34-29-15)12-6-5-11(32)10-13(12)23/h5-6,10,24-25,32H,2-4,7-9H2,1H3,(H,27,28). The Bertz CT molecular complexity index is 1490. The lowest BCUT2D eigenvalue weighted by Gasteiger charge is -2.13. The lowest BCUT2D eigenvalue weighted by atomic mass is 10.2. The van der Waals surface area contributed by atoms with Gasteiger partial charge in [-0.2, -0.15) is 4.98 Å². The number of aryl methyl sites for hydroxylation is 2. The molecule has 13 heteroatoms. The van der Waals surface area contributed by atoms with Crippen molar-refractivity contribution >= 4 is 44.5 Å². The fourth-order valence-corrected chi connectivity index (χ4v) is 4.20. The van der Waals surface area contributed by atoms with Crippen LogP contribution in [0.15, 0.2) is 32.3 Å². The van der Waals surface area contributed by atoms with Crippen LogP contribution in [-0.2, 0) is 13.0 Å². The second kappa shape index (κ2) is 9.94. The van der Waals surface area contributed by atoms with Crippen LogP contribution in [0.3, 0.4) is 0 Å². The van der Waals surface area contributed by atoms with Crippen molar-refractivity contribution in [3.05, 3.63) is 49.8 Å². The van der Waals surface area contributed by atoms with Gasteiger partial charge >= 0.3 is 0 Å². The first-order valence-electron chi connectivity index (χ1n) is 10.6. The molecule has 1 aromatic carbocycles. The van der Waals surface area contributed by atoms with Gasteiger partial charge in [-0.25, -0.2) is 9.55 Å². The molecule has 0 fully saturated rings.